The van der Waals surface area contributed by atoms with Crippen LogP contribution in [0.3, 0.4) is 0 Å². The fourth-order valence-electron chi connectivity index (χ4n) is 2.06. The van der Waals surface area contributed by atoms with Crippen LogP contribution < -0.4 is 5.32 Å². The summed E-state index contributed by atoms with van der Waals surface area (Å²) in [7, 11) is 0.431. The summed E-state index contributed by atoms with van der Waals surface area (Å²) in [5.41, 5.74) is 0. The normalized spacial score (nSPS) is 17.4. The highest BCUT2D eigenvalue weighted by Gasteiger charge is 2.38. The van der Waals surface area contributed by atoms with Crippen molar-refractivity contribution in [3.63, 3.8) is 0 Å². The number of ketones is 1. The highest BCUT2D eigenvalue weighted by molar-refractivity contribution is 8.00. The number of hydrogen-bond donors (Lipinski definition) is 3. The van der Waals surface area contributed by atoms with Crippen molar-refractivity contribution in [1.82, 2.24) is 10.2 Å². The highest BCUT2D eigenvalue weighted by Crippen LogP contribution is 2.32. The zero-order valence-electron chi connectivity index (χ0n) is 15.7. The number of amides is 3. The molecule has 1 heterocycles. The molecule has 12 heteroatoms. The molecule has 0 aromatic rings. The maximum atomic E-state index is 12.2. The molecule has 2 atom stereocenters. The minimum atomic E-state index is -1.89. The molecular formula is C15H27N2O8PS. The van der Waals surface area contributed by atoms with Crippen molar-refractivity contribution in [1.29, 1.82) is 0 Å². The molecule has 156 valence electrons. The fourth-order valence-corrected chi connectivity index (χ4v) is 3.53. The Balaban J connectivity index is 0.00000326. The van der Waals surface area contributed by atoms with Crippen LogP contribution in [0.1, 0.15) is 26.2 Å². The van der Waals surface area contributed by atoms with Gasteiger partial charge in [-0.1, -0.05) is 0 Å². The molecule has 0 bridgehead atoms. The molecule has 0 aromatic carbocycles. The Kier molecular flexibility index (Phi) is 14.3. The molecule has 0 radical (unpaired) electrons. The lowest BCUT2D eigenvalue weighted by atomic mass is 10.3. The standard InChI is InChI=1S/C14H23N2O7PS.CH4O/c1-10(17)3-5-15-12(18)4-6-16-13(19)9-11(14(16)20)25-8-7-23-24(21)22-2;1-2/h11,21H,3-9H2,1-2H3,(H,15,18);2H,1H3. The molecule has 10 nitrogen and oxygen atoms in total. The van der Waals surface area contributed by atoms with Gasteiger partial charge in [0.2, 0.25) is 17.7 Å². The largest absolute Gasteiger partial charge is 0.400 e. The molecule has 2 unspecified atom stereocenters. The molecule has 1 aliphatic rings. The first-order valence-electron chi connectivity index (χ1n) is 8.17. The third-order valence-corrected chi connectivity index (χ3v) is 5.21. The molecule has 3 amide bonds. The summed E-state index contributed by atoms with van der Waals surface area (Å²) in [4.78, 5) is 56.8. The summed E-state index contributed by atoms with van der Waals surface area (Å²) in [6, 6.07) is 0. The van der Waals surface area contributed by atoms with Gasteiger partial charge in [0.15, 0.2) is 0 Å². The predicted octanol–water partition coefficient (Wildman–Crippen LogP) is -0.177. The Morgan fingerprint density at radius 3 is 2.59 bits per heavy atom. The van der Waals surface area contributed by atoms with Gasteiger partial charge in [-0.25, -0.2) is 0 Å². The molecule has 0 aliphatic carbocycles. The van der Waals surface area contributed by atoms with E-state index in [1.165, 1.54) is 25.8 Å². The Morgan fingerprint density at radius 1 is 1.33 bits per heavy atom. The summed E-state index contributed by atoms with van der Waals surface area (Å²) < 4.78 is 9.54. The lowest BCUT2D eigenvalue weighted by Crippen LogP contribution is -2.36. The number of Topliss-reactive ketones (excluding diaryl/α,β-unsaturated/α-hetero) is 1. The lowest BCUT2D eigenvalue weighted by Gasteiger charge is -2.14. The minimum absolute atomic E-state index is 0.0124. The van der Waals surface area contributed by atoms with Crippen molar-refractivity contribution in [3.8, 4) is 0 Å². The number of rotatable bonds is 12. The van der Waals surface area contributed by atoms with E-state index in [1.54, 1.807) is 0 Å². The molecule has 3 N–H and O–H groups in total. The van der Waals surface area contributed by atoms with Gasteiger partial charge in [0.25, 0.3) is 0 Å². The van der Waals surface area contributed by atoms with Crippen molar-refractivity contribution in [2.24, 2.45) is 0 Å². The van der Waals surface area contributed by atoms with Gasteiger partial charge in [-0.3, -0.25) is 24.1 Å². The number of nitrogens with one attached hydrogen (secondary N) is 1. The van der Waals surface area contributed by atoms with Gasteiger partial charge >= 0.3 is 8.60 Å². The van der Waals surface area contributed by atoms with Gasteiger partial charge in [-0.05, 0) is 6.92 Å². The first kappa shape index (κ1) is 25.9. The van der Waals surface area contributed by atoms with Crippen molar-refractivity contribution in [2.45, 2.75) is 31.4 Å². The summed E-state index contributed by atoms with van der Waals surface area (Å²) in [5, 5.41) is 9.08. The van der Waals surface area contributed by atoms with Crippen LogP contribution in [0, 0.1) is 0 Å². The molecule has 27 heavy (non-hydrogen) atoms. The second-order valence-corrected chi connectivity index (χ2v) is 7.66. The van der Waals surface area contributed by atoms with Gasteiger partial charge in [0.1, 0.15) is 5.78 Å². The van der Waals surface area contributed by atoms with Crippen LogP contribution in [0.5, 0.6) is 0 Å². The number of hydrogen-bond acceptors (Lipinski definition) is 9. The van der Waals surface area contributed by atoms with E-state index >= 15 is 0 Å². The van der Waals surface area contributed by atoms with E-state index in [2.05, 4.69) is 9.84 Å². The van der Waals surface area contributed by atoms with E-state index in [9.17, 15) is 19.2 Å². The lowest BCUT2D eigenvalue weighted by molar-refractivity contribution is -0.138. The third kappa shape index (κ3) is 10.7. The van der Waals surface area contributed by atoms with Gasteiger partial charge in [0, 0.05) is 52.3 Å². The quantitative estimate of drug-likeness (QED) is 0.220. The Labute approximate surface area is 164 Å². The number of aliphatic hydroxyl groups is 1. The average Bonchev–Trinajstić information content (AvgIpc) is 2.91. The molecule has 0 aromatic heterocycles. The number of aliphatic hydroxyl groups excluding tert-OH is 1. The van der Waals surface area contributed by atoms with E-state index < -0.39 is 13.9 Å². The van der Waals surface area contributed by atoms with E-state index in [0.717, 1.165) is 12.0 Å². The van der Waals surface area contributed by atoms with Crippen LogP contribution in [0.15, 0.2) is 0 Å². The van der Waals surface area contributed by atoms with Crippen molar-refractivity contribution >= 4 is 43.9 Å². The molecular weight excluding hydrogens is 399 g/mol. The van der Waals surface area contributed by atoms with E-state index in [-0.39, 0.29) is 62.5 Å². The van der Waals surface area contributed by atoms with Crippen LogP contribution in [-0.4, -0.2) is 83.3 Å². The molecule has 1 rings (SSSR count). The molecule has 1 aliphatic heterocycles. The number of carbonyl (C=O) groups excluding carboxylic acids is 4. The molecule has 1 fully saturated rings. The zero-order valence-corrected chi connectivity index (χ0v) is 17.4. The van der Waals surface area contributed by atoms with E-state index in [1.807, 2.05) is 0 Å². The maximum Gasteiger partial charge on any atom is 0.329 e. The Hall–Kier alpha value is -1.10. The van der Waals surface area contributed by atoms with Gasteiger partial charge in [-0.2, -0.15) is 0 Å². The van der Waals surface area contributed by atoms with Crippen molar-refractivity contribution in [2.75, 3.05) is 39.7 Å². The van der Waals surface area contributed by atoms with Gasteiger partial charge < -0.3 is 24.4 Å². The first-order valence-corrected chi connectivity index (χ1v) is 10.4. The minimum Gasteiger partial charge on any atom is -0.400 e. The number of nitrogens with zero attached hydrogens (tertiary/aromatic N) is 1. The SMILES string of the molecule is CO.COP(O)OCCSC1CC(=O)N(CCC(=O)NCCC(C)=O)C1=O. The summed E-state index contributed by atoms with van der Waals surface area (Å²) in [5.74, 6) is -0.507. The van der Waals surface area contributed by atoms with E-state index in [4.69, 9.17) is 14.5 Å². The zero-order chi connectivity index (χ0) is 20.8. The average molecular weight is 426 g/mol. The number of carbonyl (C=O) groups is 4. The Bertz CT molecular complexity index is 508. The van der Waals surface area contributed by atoms with Crippen LogP contribution in [0.2, 0.25) is 0 Å². The fraction of sp³-hybridized carbons (Fsp3) is 0.733. The number of thioether (sulfide) groups is 1. The van der Waals surface area contributed by atoms with Gasteiger partial charge in [0.05, 0.1) is 11.9 Å². The third-order valence-electron chi connectivity index (χ3n) is 3.32. The van der Waals surface area contributed by atoms with Crippen LogP contribution in [-0.2, 0) is 28.2 Å². The van der Waals surface area contributed by atoms with Crippen molar-refractivity contribution in [3.05, 3.63) is 0 Å². The highest BCUT2D eigenvalue weighted by atomic mass is 32.2. The summed E-state index contributed by atoms with van der Waals surface area (Å²) >= 11 is 1.27. The Morgan fingerprint density at radius 2 is 2.00 bits per heavy atom. The number of likely N-dealkylation sites (tertiary alicyclic amines) is 1. The molecule has 0 saturated carbocycles. The van der Waals surface area contributed by atoms with Gasteiger partial charge in [-0.15, -0.1) is 11.8 Å². The second kappa shape index (κ2) is 14.9. The van der Waals surface area contributed by atoms with E-state index in [0.29, 0.717) is 5.75 Å². The first-order chi connectivity index (χ1) is 12.8. The second-order valence-electron chi connectivity index (χ2n) is 5.25. The van der Waals surface area contributed by atoms with Crippen LogP contribution >= 0.6 is 20.4 Å². The molecule has 1 saturated heterocycles. The van der Waals surface area contributed by atoms with Crippen molar-refractivity contribution < 1.29 is 38.2 Å². The topological polar surface area (TPSA) is 142 Å². The van der Waals surface area contributed by atoms with Crippen LogP contribution in [0.25, 0.3) is 0 Å². The maximum absolute atomic E-state index is 12.2. The monoisotopic (exact) mass is 426 g/mol. The number of imide groups is 1. The summed E-state index contributed by atoms with van der Waals surface area (Å²) in [6.07, 6.45) is 0.360. The predicted molar refractivity (Wildman–Crippen MR) is 101 cm³/mol. The van der Waals surface area contributed by atoms with Crippen LogP contribution in [0.4, 0.5) is 0 Å². The summed E-state index contributed by atoms with van der Waals surface area (Å²) in [6.45, 7) is 1.93. The molecule has 0 spiro atoms. The smallest absolute Gasteiger partial charge is 0.329 e.